The summed E-state index contributed by atoms with van der Waals surface area (Å²) in [6, 6.07) is 6.52. The Bertz CT molecular complexity index is 356. The molecule has 0 atom stereocenters. The normalized spacial score (nSPS) is 10.4. The Morgan fingerprint density at radius 1 is 1.19 bits per heavy atom. The van der Waals surface area contributed by atoms with Gasteiger partial charge >= 0.3 is 5.97 Å². The topological polar surface area (TPSA) is 37.3 Å². The Morgan fingerprint density at radius 2 is 1.88 bits per heavy atom. The van der Waals surface area contributed by atoms with E-state index < -0.39 is 5.97 Å². The molecule has 0 amide bonds. The molecule has 2 nitrogen and oxygen atoms in total. The van der Waals surface area contributed by atoms with Gasteiger partial charge in [-0.1, -0.05) is 32.0 Å². The minimum absolute atomic E-state index is 0.261. The fourth-order valence-corrected chi connectivity index (χ4v) is 1.95. The van der Waals surface area contributed by atoms with E-state index in [-0.39, 0.29) is 6.42 Å². The SMILES string of the molecule is CCc1ccc(CCCC(=O)O)cc1CC. The third-order valence-electron chi connectivity index (χ3n) is 2.89. The molecule has 1 aromatic carbocycles. The van der Waals surface area contributed by atoms with E-state index in [4.69, 9.17) is 5.11 Å². The molecule has 0 unspecified atom stereocenters. The van der Waals surface area contributed by atoms with E-state index in [1.165, 1.54) is 16.7 Å². The standard InChI is InChI=1S/C14H20O2/c1-3-12-9-8-11(10-13(12)4-2)6-5-7-14(15)16/h8-10H,3-7H2,1-2H3,(H,15,16). The lowest BCUT2D eigenvalue weighted by Crippen LogP contribution is -1.98. The van der Waals surface area contributed by atoms with Gasteiger partial charge in [-0.05, 0) is 42.4 Å². The first kappa shape index (κ1) is 12.8. The molecule has 0 radical (unpaired) electrons. The smallest absolute Gasteiger partial charge is 0.303 e. The second-order valence-corrected chi connectivity index (χ2v) is 4.06. The molecule has 0 fully saturated rings. The van der Waals surface area contributed by atoms with E-state index in [0.29, 0.717) is 0 Å². The maximum atomic E-state index is 10.4. The van der Waals surface area contributed by atoms with Crippen molar-refractivity contribution in [2.24, 2.45) is 0 Å². The molecule has 88 valence electrons. The molecule has 0 aliphatic carbocycles. The van der Waals surface area contributed by atoms with Gasteiger partial charge in [-0.2, -0.15) is 0 Å². The summed E-state index contributed by atoms with van der Waals surface area (Å²) in [5.74, 6) is -0.708. The first-order valence-corrected chi connectivity index (χ1v) is 5.99. The van der Waals surface area contributed by atoms with Crippen molar-refractivity contribution in [2.45, 2.75) is 46.0 Å². The fourth-order valence-electron chi connectivity index (χ4n) is 1.95. The van der Waals surface area contributed by atoms with Crippen LogP contribution in [0.2, 0.25) is 0 Å². The van der Waals surface area contributed by atoms with Gasteiger partial charge in [-0.25, -0.2) is 0 Å². The van der Waals surface area contributed by atoms with Crippen LogP contribution in [0.15, 0.2) is 18.2 Å². The fraction of sp³-hybridized carbons (Fsp3) is 0.500. The minimum atomic E-state index is -0.708. The second kappa shape index (κ2) is 6.31. The van der Waals surface area contributed by atoms with E-state index in [0.717, 1.165) is 25.7 Å². The summed E-state index contributed by atoms with van der Waals surface area (Å²) in [4.78, 5) is 10.4. The Labute approximate surface area is 97.3 Å². The van der Waals surface area contributed by atoms with Crippen LogP contribution in [0.1, 0.15) is 43.4 Å². The average Bonchev–Trinajstić information content (AvgIpc) is 2.28. The van der Waals surface area contributed by atoms with Gasteiger partial charge in [0.2, 0.25) is 0 Å². The zero-order valence-electron chi connectivity index (χ0n) is 10.1. The summed E-state index contributed by atoms with van der Waals surface area (Å²) in [7, 11) is 0. The predicted octanol–water partition coefficient (Wildman–Crippen LogP) is 3.22. The molecule has 1 aromatic rings. The summed E-state index contributed by atoms with van der Waals surface area (Å²) >= 11 is 0. The van der Waals surface area contributed by atoms with Crippen LogP contribution in [0, 0.1) is 0 Å². The van der Waals surface area contributed by atoms with Crippen LogP contribution >= 0.6 is 0 Å². The van der Waals surface area contributed by atoms with Gasteiger partial charge in [0.25, 0.3) is 0 Å². The van der Waals surface area contributed by atoms with Gasteiger partial charge in [0.15, 0.2) is 0 Å². The minimum Gasteiger partial charge on any atom is -0.481 e. The lowest BCUT2D eigenvalue weighted by Gasteiger charge is -2.08. The number of hydrogen-bond acceptors (Lipinski definition) is 1. The van der Waals surface area contributed by atoms with Crippen LogP contribution in [-0.2, 0) is 24.1 Å². The third-order valence-corrected chi connectivity index (χ3v) is 2.89. The number of aliphatic carboxylic acids is 1. The van der Waals surface area contributed by atoms with Gasteiger partial charge in [-0.15, -0.1) is 0 Å². The zero-order valence-corrected chi connectivity index (χ0v) is 10.1. The highest BCUT2D eigenvalue weighted by molar-refractivity contribution is 5.66. The second-order valence-electron chi connectivity index (χ2n) is 4.06. The van der Waals surface area contributed by atoms with Gasteiger partial charge in [-0.3, -0.25) is 4.79 Å². The van der Waals surface area contributed by atoms with Crippen molar-refractivity contribution in [3.05, 3.63) is 34.9 Å². The molecule has 2 heteroatoms. The molecule has 0 aliphatic heterocycles. The zero-order chi connectivity index (χ0) is 12.0. The largest absolute Gasteiger partial charge is 0.481 e. The van der Waals surface area contributed by atoms with Gasteiger partial charge in [0, 0.05) is 6.42 Å². The van der Waals surface area contributed by atoms with E-state index in [2.05, 4.69) is 32.0 Å². The van der Waals surface area contributed by atoms with Gasteiger partial charge in [0.05, 0.1) is 0 Å². The highest BCUT2D eigenvalue weighted by Gasteiger charge is 2.02. The summed E-state index contributed by atoms with van der Waals surface area (Å²) in [5.41, 5.74) is 4.06. The number of hydrogen-bond donors (Lipinski definition) is 1. The van der Waals surface area contributed by atoms with Gasteiger partial charge < -0.3 is 5.11 Å². The van der Waals surface area contributed by atoms with E-state index >= 15 is 0 Å². The average molecular weight is 220 g/mol. The lowest BCUT2D eigenvalue weighted by molar-refractivity contribution is -0.137. The van der Waals surface area contributed by atoms with Crippen LogP contribution < -0.4 is 0 Å². The van der Waals surface area contributed by atoms with Crippen molar-refractivity contribution in [3.8, 4) is 0 Å². The highest BCUT2D eigenvalue weighted by Crippen LogP contribution is 2.15. The monoisotopic (exact) mass is 220 g/mol. The van der Waals surface area contributed by atoms with Crippen LogP contribution in [0.3, 0.4) is 0 Å². The molecular formula is C14H20O2. The quantitative estimate of drug-likeness (QED) is 0.799. The number of carboxylic acids is 1. The molecule has 0 aliphatic rings. The number of carbonyl (C=O) groups is 1. The molecule has 0 saturated carbocycles. The number of rotatable bonds is 6. The summed E-state index contributed by atoms with van der Waals surface area (Å²) in [6.45, 7) is 4.33. The van der Waals surface area contributed by atoms with Crippen molar-refractivity contribution >= 4 is 5.97 Å². The molecule has 0 heterocycles. The van der Waals surface area contributed by atoms with Crippen molar-refractivity contribution < 1.29 is 9.90 Å². The maximum Gasteiger partial charge on any atom is 0.303 e. The Kier molecular flexibility index (Phi) is 5.03. The van der Waals surface area contributed by atoms with E-state index in [1.807, 2.05) is 0 Å². The van der Waals surface area contributed by atoms with E-state index in [9.17, 15) is 4.79 Å². The Balaban J connectivity index is 2.64. The van der Waals surface area contributed by atoms with Crippen LogP contribution in [0.5, 0.6) is 0 Å². The highest BCUT2D eigenvalue weighted by atomic mass is 16.4. The molecule has 0 spiro atoms. The van der Waals surface area contributed by atoms with E-state index in [1.54, 1.807) is 0 Å². The number of aryl methyl sites for hydroxylation is 3. The molecule has 0 bridgehead atoms. The van der Waals surface area contributed by atoms with Crippen molar-refractivity contribution in [3.63, 3.8) is 0 Å². The van der Waals surface area contributed by atoms with Crippen molar-refractivity contribution in [2.75, 3.05) is 0 Å². The lowest BCUT2D eigenvalue weighted by atomic mass is 9.98. The Hall–Kier alpha value is -1.31. The summed E-state index contributed by atoms with van der Waals surface area (Å²) in [5, 5.41) is 8.57. The molecule has 0 aromatic heterocycles. The van der Waals surface area contributed by atoms with Gasteiger partial charge in [0.1, 0.15) is 0 Å². The molecular weight excluding hydrogens is 200 g/mol. The van der Waals surface area contributed by atoms with Crippen LogP contribution in [-0.4, -0.2) is 11.1 Å². The molecule has 1 N–H and O–H groups in total. The molecule has 1 rings (SSSR count). The first-order valence-electron chi connectivity index (χ1n) is 5.99. The van der Waals surface area contributed by atoms with Crippen LogP contribution in [0.25, 0.3) is 0 Å². The number of carboxylic acid groups (broad SMARTS) is 1. The van der Waals surface area contributed by atoms with Crippen molar-refractivity contribution in [1.82, 2.24) is 0 Å². The third kappa shape index (κ3) is 3.69. The predicted molar refractivity (Wildman–Crippen MR) is 65.8 cm³/mol. The summed E-state index contributed by atoms with van der Waals surface area (Å²) in [6.07, 6.45) is 3.97. The Morgan fingerprint density at radius 3 is 2.44 bits per heavy atom. The van der Waals surface area contributed by atoms with Crippen molar-refractivity contribution in [1.29, 1.82) is 0 Å². The molecule has 16 heavy (non-hydrogen) atoms. The van der Waals surface area contributed by atoms with Crippen LogP contribution in [0.4, 0.5) is 0 Å². The maximum absolute atomic E-state index is 10.4. The summed E-state index contributed by atoms with van der Waals surface area (Å²) < 4.78 is 0. The molecule has 0 saturated heterocycles. The first-order chi connectivity index (χ1) is 7.67. The number of benzene rings is 1.